The minimum absolute atomic E-state index is 0.0982. The van der Waals surface area contributed by atoms with Gasteiger partial charge in [-0.1, -0.05) is 11.6 Å². The Hall–Kier alpha value is -0.620. The topological polar surface area (TPSA) is 35.6 Å². The molecular formula is C13H20ClN3OS. The molecule has 1 fully saturated rings. The van der Waals surface area contributed by atoms with Gasteiger partial charge < -0.3 is 10.2 Å². The first-order valence-corrected chi connectivity index (χ1v) is 7.71. The molecule has 1 aliphatic heterocycles. The van der Waals surface area contributed by atoms with Crippen molar-refractivity contribution in [2.75, 3.05) is 33.2 Å². The summed E-state index contributed by atoms with van der Waals surface area (Å²) < 4.78 is 0.796. The Balaban J connectivity index is 1.90. The van der Waals surface area contributed by atoms with Gasteiger partial charge in [-0.2, -0.15) is 0 Å². The van der Waals surface area contributed by atoms with Crippen LogP contribution < -0.4 is 5.32 Å². The summed E-state index contributed by atoms with van der Waals surface area (Å²) in [5.74, 6) is 0.214. The van der Waals surface area contributed by atoms with Crippen LogP contribution >= 0.6 is 22.9 Å². The van der Waals surface area contributed by atoms with E-state index in [1.54, 1.807) is 11.3 Å². The van der Waals surface area contributed by atoms with Crippen LogP contribution in [0.15, 0.2) is 12.1 Å². The van der Waals surface area contributed by atoms with E-state index in [0.717, 1.165) is 37.1 Å². The summed E-state index contributed by atoms with van der Waals surface area (Å²) in [6, 6.07) is 3.82. The third-order valence-corrected chi connectivity index (χ3v) is 4.70. The molecule has 0 spiro atoms. The van der Waals surface area contributed by atoms with E-state index in [1.165, 1.54) is 4.88 Å². The van der Waals surface area contributed by atoms with E-state index in [4.69, 9.17) is 11.6 Å². The van der Waals surface area contributed by atoms with Crippen molar-refractivity contribution >= 4 is 28.8 Å². The van der Waals surface area contributed by atoms with Gasteiger partial charge in [0.1, 0.15) is 0 Å². The van der Waals surface area contributed by atoms with Crippen LogP contribution in [0.1, 0.15) is 11.8 Å². The van der Waals surface area contributed by atoms with E-state index < -0.39 is 0 Å². The standard InChI is InChI=1S/C13H20ClN3OS/c1-10(13(18)17-7-5-15-6-8-17)16(2)9-11-3-4-12(14)19-11/h3-4,10,15H,5-9H2,1-2H3. The molecule has 0 bridgehead atoms. The lowest BCUT2D eigenvalue weighted by atomic mass is 10.2. The Morgan fingerprint density at radius 3 is 2.79 bits per heavy atom. The van der Waals surface area contributed by atoms with Gasteiger partial charge in [0.05, 0.1) is 10.4 Å². The van der Waals surface area contributed by atoms with Crippen LogP contribution in [0.4, 0.5) is 0 Å². The second-order valence-corrected chi connectivity index (χ2v) is 6.67. The Morgan fingerprint density at radius 1 is 1.53 bits per heavy atom. The zero-order valence-corrected chi connectivity index (χ0v) is 12.9. The van der Waals surface area contributed by atoms with Crippen molar-refractivity contribution in [1.82, 2.24) is 15.1 Å². The lowest BCUT2D eigenvalue weighted by molar-refractivity contribution is -0.136. The lowest BCUT2D eigenvalue weighted by Gasteiger charge is -2.32. The van der Waals surface area contributed by atoms with E-state index in [2.05, 4.69) is 10.2 Å². The van der Waals surface area contributed by atoms with Crippen molar-refractivity contribution in [1.29, 1.82) is 0 Å². The quantitative estimate of drug-likeness (QED) is 0.918. The molecule has 1 atom stereocenters. The average molecular weight is 302 g/mol. The molecule has 2 heterocycles. The fraction of sp³-hybridized carbons (Fsp3) is 0.615. The van der Waals surface area contributed by atoms with Gasteiger partial charge in [0.15, 0.2) is 0 Å². The van der Waals surface area contributed by atoms with Gasteiger partial charge in [-0.05, 0) is 26.1 Å². The fourth-order valence-corrected chi connectivity index (χ4v) is 3.31. The molecule has 4 nitrogen and oxygen atoms in total. The first-order valence-electron chi connectivity index (χ1n) is 6.52. The van der Waals surface area contributed by atoms with Gasteiger partial charge >= 0.3 is 0 Å². The Kier molecular flexibility index (Phi) is 5.21. The molecule has 1 N–H and O–H groups in total. The maximum atomic E-state index is 12.4. The molecule has 1 aromatic rings. The molecule has 6 heteroatoms. The summed E-state index contributed by atoms with van der Waals surface area (Å²) in [5, 5.41) is 3.26. The summed E-state index contributed by atoms with van der Waals surface area (Å²) in [6.07, 6.45) is 0. The highest BCUT2D eigenvalue weighted by Crippen LogP contribution is 2.23. The number of likely N-dealkylation sites (N-methyl/N-ethyl adjacent to an activating group) is 1. The van der Waals surface area contributed by atoms with Crippen molar-refractivity contribution in [2.24, 2.45) is 0 Å². The van der Waals surface area contributed by atoms with Crippen molar-refractivity contribution < 1.29 is 4.79 Å². The van der Waals surface area contributed by atoms with Gasteiger partial charge in [0.25, 0.3) is 0 Å². The number of thiophene rings is 1. The van der Waals surface area contributed by atoms with Crippen LogP contribution in [0, 0.1) is 0 Å². The monoisotopic (exact) mass is 301 g/mol. The van der Waals surface area contributed by atoms with Gasteiger partial charge in [-0.3, -0.25) is 9.69 Å². The largest absolute Gasteiger partial charge is 0.339 e. The van der Waals surface area contributed by atoms with Crippen LogP contribution in [0.25, 0.3) is 0 Å². The van der Waals surface area contributed by atoms with Crippen molar-refractivity contribution in [3.63, 3.8) is 0 Å². The molecule has 1 saturated heterocycles. The van der Waals surface area contributed by atoms with Crippen LogP contribution in [0.5, 0.6) is 0 Å². The predicted molar refractivity (Wildman–Crippen MR) is 79.7 cm³/mol. The molecule has 2 rings (SSSR count). The molecule has 1 aliphatic rings. The number of hydrogen-bond donors (Lipinski definition) is 1. The molecular weight excluding hydrogens is 282 g/mol. The number of piperazine rings is 1. The smallest absolute Gasteiger partial charge is 0.239 e. The molecule has 1 aromatic heterocycles. The molecule has 0 radical (unpaired) electrons. The Bertz CT molecular complexity index is 431. The molecule has 1 amide bonds. The fourth-order valence-electron chi connectivity index (χ4n) is 2.16. The molecule has 0 saturated carbocycles. The number of nitrogens with one attached hydrogen (secondary N) is 1. The summed E-state index contributed by atoms with van der Waals surface area (Å²) in [6.45, 7) is 6.13. The summed E-state index contributed by atoms with van der Waals surface area (Å²) in [7, 11) is 1.98. The highest BCUT2D eigenvalue weighted by molar-refractivity contribution is 7.16. The van der Waals surface area contributed by atoms with Crippen LogP contribution in [0.3, 0.4) is 0 Å². The van der Waals surface area contributed by atoms with Gasteiger partial charge in [-0.15, -0.1) is 11.3 Å². The summed E-state index contributed by atoms with van der Waals surface area (Å²) in [4.78, 5) is 17.6. The first kappa shape index (κ1) is 14.8. The van der Waals surface area contributed by atoms with E-state index in [-0.39, 0.29) is 11.9 Å². The van der Waals surface area contributed by atoms with Crippen molar-refractivity contribution in [3.05, 3.63) is 21.3 Å². The minimum atomic E-state index is -0.0982. The lowest BCUT2D eigenvalue weighted by Crippen LogP contribution is -2.52. The summed E-state index contributed by atoms with van der Waals surface area (Å²) >= 11 is 7.50. The second-order valence-electron chi connectivity index (χ2n) is 4.87. The van der Waals surface area contributed by atoms with E-state index in [9.17, 15) is 4.79 Å². The number of carbonyl (C=O) groups excluding carboxylic acids is 1. The number of hydrogen-bond acceptors (Lipinski definition) is 4. The first-order chi connectivity index (χ1) is 9.08. The number of rotatable bonds is 4. The second kappa shape index (κ2) is 6.70. The third kappa shape index (κ3) is 3.92. The zero-order chi connectivity index (χ0) is 13.8. The summed E-state index contributed by atoms with van der Waals surface area (Å²) in [5.41, 5.74) is 0. The predicted octanol–water partition coefficient (Wildman–Crippen LogP) is 1.65. The SMILES string of the molecule is CC(C(=O)N1CCNCC1)N(C)Cc1ccc(Cl)s1. The third-order valence-electron chi connectivity index (χ3n) is 3.48. The molecule has 0 aromatic carbocycles. The average Bonchev–Trinajstić information content (AvgIpc) is 2.83. The van der Waals surface area contributed by atoms with Crippen LogP contribution in [-0.4, -0.2) is 55.0 Å². The Morgan fingerprint density at radius 2 is 2.21 bits per heavy atom. The van der Waals surface area contributed by atoms with E-state index >= 15 is 0 Å². The zero-order valence-electron chi connectivity index (χ0n) is 11.4. The number of halogens is 1. The number of amides is 1. The van der Waals surface area contributed by atoms with Crippen molar-refractivity contribution in [3.8, 4) is 0 Å². The van der Waals surface area contributed by atoms with E-state index in [1.807, 2.05) is 31.0 Å². The van der Waals surface area contributed by atoms with Crippen LogP contribution in [0.2, 0.25) is 4.34 Å². The van der Waals surface area contributed by atoms with Gasteiger partial charge in [0.2, 0.25) is 5.91 Å². The van der Waals surface area contributed by atoms with Crippen molar-refractivity contribution in [2.45, 2.75) is 19.5 Å². The van der Waals surface area contributed by atoms with E-state index in [0.29, 0.717) is 0 Å². The van der Waals surface area contributed by atoms with Gasteiger partial charge in [-0.25, -0.2) is 0 Å². The Labute approximate surface area is 123 Å². The number of nitrogens with zero attached hydrogens (tertiary/aromatic N) is 2. The minimum Gasteiger partial charge on any atom is -0.339 e. The maximum absolute atomic E-state index is 12.4. The molecule has 0 aliphatic carbocycles. The molecule has 106 valence electrons. The van der Waals surface area contributed by atoms with Gasteiger partial charge in [0, 0.05) is 37.6 Å². The normalized spacial score (nSPS) is 17.8. The molecule has 19 heavy (non-hydrogen) atoms. The maximum Gasteiger partial charge on any atom is 0.239 e. The molecule has 1 unspecified atom stereocenters. The number of carbonyl (C=O) groups is 1. The van der Waals surface area contributed by atoms with Crippen LogP contribution in [-0.2, 0) is 11.3 Å². The highest BCUT2D eigenvalue weighted by Gasteiger charge is 2.25. The highest BCUT2D eigenvalue weighted by atomic mass is 35.5.